The Bertz CT molecular complexity index is 866. The molecule has 0 unspecified atom stereocenters. The summed E-state index contributed by atoms with van der Waals surface area (Å²) in [5.41, 5.74) is 1.51. The first kappa shape index (κ1) is 19.4. The van der Waals surface area contributed by atoms with Gasteiger partial charge in [0.25, 0.3) is 0 Å². The predicted octanol–water partition coefficient (Wildman–Crippen LogP) is 1.19. The molecule has 2 heterocycles. The number of aromatic nitrogens is 2. The Morgan fingerprint density at radius 2 is 2.12 bits per heavy atom. The number of carbonyl (C=O) groups excluding carboxylic acids is 1. The van der Waals surface area contributed by atoms with E-state index < -0.39 is 9.84 Å². The van der Waals surface area contributed by atoms with E-state index in [4.69, 9.17) is 0 Å². The summed E-state index contributed by atoms with van der Waals surface area (Å²) >= 11 is 0. The molecule has 0 aliphatic carbocycles. The lowest BCUT2D eigenvalue weighted by molar-refractivity contribution is -0.119. The average molecular weight is 385 g/mol. The molecule has 1 aromatic carbocycles. The van der Waals surface area contributed by atoms with Crippen molar-refractivity contribution in [2.75, 3.05) is 24.7 Å². The van der Waals surface area contributed by atoms with Crippen LogP contribution in [0.2, 0.25) is 0 Å². The lowest BCUT2D eigenvalue weighted by atomic mass is 9.90. The van der Waals surface area contributed by atoms with Gasteiger partial charge in [0.05, 0.1) is 17.0 Å². The summed E-state index contributed by atoms with van der Waals surface area (Å²) in [4.78, 5) is 12.8. The number of amides is 1. The van der Waals surface area contributed by atoms with Gasteiger partial charge in [-0.05, 0) is 23.8 Å². The van der Waals surface area contributed by atoms with E-state index in [1.165, 1.54) is 12.1 Å². The molecule has 1 aliphatic heterocycles. The van der Waals surface area contributed by atoms with E-state index in [0.29, 0.717) is 18.8 Å². The Balaban J connectivity index is 0.00000225. The molecule has 136 valence electrons. The number of nitrogens with one attached hydrogen (secondary N) is 2. The number of hydrogen-bond donors (Lipinski definition) is 2. The first-order chi connectivity index (χ1) is 11.3. The molecule has 2 atom stereocenters. The van der Waals surface area contributed by atoms with E-state index in [1.54, 1.807) is 23.0 Å². The highest BCUT2D eigenvalue weighted by molar-refractivity contribution is 7.90. The molecule has 1 amide bonds. The predicted molar refractivity (Wildman–Crippen MR) is 97.7 cm³/mol. The zero-order valence-corrected chi connectivity index (χ0v) is 15.6. The molecule has 1 saturated heterocycles. The normalized spacial score (nSPS) is 20.1. The second kappa shape index (κ2) is 7.55. The van der Waals surface area contributed by atoms with Gasteiger partial charge in [0, 0.05) is 44.2 Å². The third-order valence-corrected chi connectivity index (χ3v) is 5.34. The fourth-order valence-electron chi connectivity index (χ4n) is 2.98. The highest BCUT2D eigenvalue weighted by Gasteiger charge is 2.34. The molecule has 25 heavy (non-hydrogen) atoms. The van der Waals surface area contributed by atoms with Gasteiger partial charge in [-0.3, -0.25) is 9.48 Å². The molecule has 7 nitrogen and oxygen atoms in total. The lowest BCUT2D eigenvalue weighted by Gasteiger charge is -2.17. The number of anilines is 1. The summed E-state index contributed by atoms with van der Waals surface area (Å²) < 4.78 is 25.0. The molecule has 0 saturated carbocycles. The Kier molecular flexibility index (Phi) is 5.87. The third kappa shape index (κ3) is 4.39. The van der Waals surface area contributed by atoms with E-state index in [9.17, 15) is 13.2 Å². The molecule has 0 spiro atoms. The van der Waals surface area contributed by atoms with Crippen LogP contribution < -0.4 is 10.6 Å². The van der Waals surface area contributed by atoms with Crippen molar-refractivity contribution in [1.29, 1.82) is 0 Å². The summed E-state index contributed by atoms with van der Waals surface area (Å²) in [6.45, 7) is 1.30. The van der Waals surface area contributed by atoms with E-state index in [2.05, 4.69) is 15.7 Å². The molecule has 1 aromatic heterocycles. The van der Waals surface area contributed by atoms with Gasteiger partial charge >= 0.3 is 0 Å². The van der Waals surface area contributed by atoms with Crippen LogP contribution in [0.15, 0.2) is 41.6 Å². The van der Waals surface area contributed by atoms with Crippen molar-refractivity contribution >= 4 is 33.8 Å². The average Bonchev–Trinajstić information content (AvgIpc) is 3.15. The van der Waals surface area contributed by atoms with Gasteiger partial charge < -0.3 is 10.6 Å². The summed E-state index contributed by atoms with van der Waals surface area (Å²) in [6, 6.07) is 6.31. The minimum Gasteiger partial charge on any atom is -0.326 e. The van der Waals surface area contributed by atoms with E-state index in [1.807, 2.05) is 13.2 Å². The zero-order valence-electron chi connectivity index (χ0n) is 14.0. The molecule has 0 bridgehead atoms. The largest absolute Gasteiger partial charge is 0.326 e. The van der Waals surface area contributed by atoms with E-state index in [0.717, 1.165) is 11.8 Å². The van der Waals surface area contributed by atoms with Crippen LogP contribution in [0.25, 0.3) is 0 Å². The van der Waals surface area contributed by atoms with Crippen LogP contribution in [0, 0.1) is 5.92 Å². The second-order valence-electron chi connectivity index (χ2n) is 6.11. The van der Waals surface area contributed by atoms with Crippen LogP contribution in [-0.2, 0) is 21.7 Å². The van der Waals surface area contributed by atoms with Gasteiger partial charge in [-0.15, -0.1) is 12.4 Å². The summed E-state index contributed by atoms with van der Waals surface area (Å²) in [5, 5.41) is 10.2. The quantitative estimate of drug-likeness (QED) is 0.825. The molecule has 0 radical (unpaired) electrons. The Hall–Kier alpha value is -1.90. The van der Waals surface area contributed by atoms with Crippen molar-refractivity contribution < 1.29 is 13.2 Å². The smallest absolute Gasteiger partial charge is 0.229 e. The third-order valence-electron chi connectivity index (χ3n) is 4.23. The first-order valence-corrected chi connectivity index (χ1v) is 9.54. The summed E-state index contributed by atoms with van der Waals surface area (Å²) in [5.74, 6) is -0.299. The van der Waals surface area contributed by atoms with Crippen molar-refractivity contribution in [1.82, 2.24) is 15.1 Å². The van der Waals surface area contributed by atoms with E-state index >= 15 is 0 Å². The monoisotopic (exact) mass is 384 g/mol. The number of carbonyl (C=O) groups is 1. The van der Waals surface area contributed by atoms with Gasteiger partial charge in [0.2, 0.25) is 5.91 Å². The van der Waals surface area contributed by atoms with E-state index in [-0.39, 0.29) is 35.0 Å². The van der Waals surface area contributed by atoms with Crippen LogP contribution in [0.1, 0.15) is 11.5 Å². The van der Waals surface area contributed by atoms with Crippen molar-refractivity contribution in [3.05, 3.63) is 42.2 Å². The van der Waals surface area contributed by atoms with Gasteiger partial charge in [0.15, 0.2) is 9.84 Å². The maximum Gasteiger partial charge on any atom is 0.229 e. The van der Waals surface area contributed by atoms with Crippen molar-refractivity contribution in [2.24, 2.45) is 13.0 Å². The second-order valence-corrected chi connectivity index (χ2v) is 8.12. The number of halogens is 1. The van der Waals surface area contributed by atoms with Crippen molar-refractivity contribution in [2.45, 2.75) is 10.8 Å². The zero-order chi connectivity index (χ0) is 17.3. The van der Waals surface area contributed by atoms with Crippen molar-refractivity contribution in [3.63, 3.8) is 0 Å². The Labute approximate surface area is 153 Å². The minimum atomic E-state index is -3.31. The fourth-order valence-corrected chi connectivity index (χ4v) is 3.64. The van der Waals surface area contributed by atoms with Gasteiger partial charge in [-0.25, -0.2) is 8.42 Å². The number of aryl methyl sites for hydroxylation is 1. The highest BCUT2D eigenvalue weighted by Crippen LogP contribution is 2.29. The standard InChI is InChI=1S/C16H20N4O3S.ClH/c1-20-10-11(7-18-20)14-8-17-9-15(14)16(21)19-12-4-3-5-13(6-12)24(2,22)23;/h3-7,10,14-15,17H,8-9H2,1-2H3,(H,19,21);1H/t14-,15+;/m1./s1. The molecule has 9 heteroatoms. The summed E-state index contributed by atoms with van der Waals surface area (Å²) in [6.07, 6.45) is 4.84. The molecule has 1 fully saturated rings. The fraction of sp³-hybridized carbons (Fsp3) is 0.375. The SMILES string of the molecule is Cl.Cn1cc([C@H]2CNC[C@@H]2C(=O)Nc2cccc(S(C)(=O)=O)c2)cn1. The number of sulfone groups is 1. The van der Waals surface area contributed by atoms with Crippen molar-refractivity contribution in [3.8, 4) is 0 Å². The molecule has 2 aromatic rings. The maximum absolute atomic E-state index is 12.6. The number of nitrogens with zero attached hydrogens (tertiary/aromatic N) is 2. The summed E-state index contributed by atoms with van der Waals surface area (Å²) in [7, 11) is -1.46. The minimum absolute atomic E-state index is 0. The van der Waals surface area contributed by atoms with Gasteiger partial charge in [-0.1, -0.05) is 6.07 Å². The van der Waals surface area contributed by atoms with Crippen LogP contribution >= 0.6 is 12.4 Å². The number of hydrogen-bond acceptors (Lipinski definition) is 5. The topological polar surface area (TPSA) is 93.1 Å². The van der Waals surface area contributed by atoms with Crippen LogP contribution in [0.3, 0.4) is 0 Å². The number of rotatable bonds is 4. The highest BCUT2D eigenvalue weighted by atomic mass is 35.5. The maximum atomic E-state index is 12.6. The Morgan fingerprint density at radius 1 is 1.36 bits per heavy atom. The first-order valence-electron chi connectivity index (χ1n) is 7.65. The lowest BCUT2D eigenvalue weighted by Crippen LogP contribution is -2.28. The molecule has 1 aliphatic rings. The van der Waals surface area contributed by atoms with Gasteiger partial charge in [0.1, 0.15) is 0 Å². The molecule has 2 N–H and O–H groups in total. The molecular weight excluding hydrogens is 364 g/mol. The number of benzene rings is 1. The van der Waals surface area contributed by atoms with Crippen LogP contribution in [0.5, 0.6) is 0 Å². The van der Waals surface area contributed by atoms with Crippen LogP contribution in [0.4, 0.5) is 5.69 Å². The Morgan fingerprint density at radius 3 is 2.76 bits per heavy atom. The van der Waals surface area contributed by atoms with Crippen LogP contribution in [-0.4, -0.2) is 43.5 Å². The molecular formula is C16H21ClN4O3S. The van der Waals surface area contributed by atoms with Gasteiger partial charge in [-0.2, -0.15) is 5.10 Å². The molecule has 3 rings (SSSR count).